The van der Waals surface area contributed by atoms with Crippen LogP contribution in [-0.4, -0.2) is 22.0 Å². The summed E-state index contributed by atoms with van der Waals surface area (Å²) >= 11 is 0. The molecule has 1 atom stereocenters. The highest BCUT2D eigenvalue weighted by Crippen LogP contribution is 2.35. The summed E-state index contributed by atoms with van der Waals surface area (Å²) < 4.78 is 5.87. The summed E-state index contributed by atoms with van der Waals surface area (Å²) in [5.41, 5.74) is 2.79. The third-order valence-electron chi connectivity index (χ3n) is 4.58. The van der Waals surface area contributed by atoms with Crippen LogP contribution < -0.4 is 10.1 Å². The molecule has 1 amide bonds. The van der Waals surface area contributed by atoms with Crippen molar-refractivity contribution in [3.8, 4) is 5.75 Å². The lowest BCUT2D eigenvalue weighted by Crippen LogP contribution is -2.31. The Morgan fingerprint density at radius 3 is 2.84 bits per heavy atom. The summed E-state index contributed by atoms with van der Waals surface area (Å²) in [6.07, 6.45) is 0.0111. The average Bonchev–Trinajstić information content (AvgIpc) is 3.25. The number of hydrogen-bond donors (Lipinski definition) is 2. The first-order valence-electron chi connectivity index (χ1n) is 8.21. The first-order valence-corrected chi connectivity index (χ1v) is 8.21. The van der Waals surface area contributed by atoms with Gasteiger partial charge in [-0.05, 0) is 29.0 Å². The van der Waals surface area contributed by atoms with Gasteiger partial charge in [-0.15, -0.1) is 0 Å². The summed E-state index contributed by atoms with van der Waals surface area (Å²) in [5.74, 6) is 1.03. The molecule has 2 heterocycles. The fourth-order valence-corrected chi connectivity index (χ4v) is 3.37. The molecule has 0 radical (unpaired) electrons. The molecule has 5 nitrogen and oxygen atoms in total. The molecule has 0 spiro atoms. The van der Waals surface area contributed by atoms with Crippen LogP contribution >= 0.6 is 0 Å². The Morgan fingerprint density at radius 1 is 1.08 bits per heavy atom. The van der Waals surface area contributed by atoms with Gasteiger partial charge in [0.15, 0.2) is 6.10 Å². The van der Waals surface area contributed by atoms with Crippen LogP contribution in [0.2, 0.25) is 0 Å². The molecule has 1 aliphatic heterocycles. The smallest absolute Gasteiger partial charge is 0.268 e. The van der Waals surface area contributed by atoms with E-state index in [0.717, 1.165) is 33.1 Å². The number of hydrogen-bond acceptors (Lipinski definition) is 3. The molecule has 0 bridgehead atoms. The summed E-state index contributed by atoms with van der Waals surface area (Å²) in [5, 5.41) is 5.12. The number of fused-ring (bicyclic) bond motifs is 4. The number of H-pyrrole nitrogens is 1. The maximum Gasteiger partial charge on any atom is 0.268 e. The Morgan fingerprint density at radius 2 is 1.92 bits per heavy atom. The number of aromatic amines is 1. The van der Waals surface area contributed by atoms with Crippen LogP contribution in [-0.2, 0) is 11.2 Å². The van der Waals surface area contributed by atoms with Crippen LogP contribution in [0.15, 0.2) is 60.7 Å². The van der Waals surface area contributed by atoms with Gasteiger partial charge < -0.3 is 9.72 Å². The minimum atomic E-state index is -0.547. The van der Waals surface area contributed by atoms with E-state index in [0.29, 0.717) is 12.4 Å². The van der Waals surface area contributed by atoms with Crippen molar-refractivity contribution >= 4 is 33.7 Å². The number of para-hydroxylation sites is 2. The molecular weight excluding hydrogens is 314 g/mol. The molecule has 0 saturated heterocycles. The van der Waals surface area contributed by atoms with Crippen LogP contribution in [0, 0.1) is 0 Å². The molecule has 0 fully saturated rings. The zero-order chi connectivity index (χ0) is 16.8. The van der Waals surface area contributed by atoms with Gasteiger partial charge in [0.2, 0.25) is 5.95 Å². The maximum absolute atomic E-state index is 12.6. The predicted octanol–water partition coefficient (Wildman–Crippen LogP) is 3.66. The molecule has 3 aromatic carbocycles. The summed E-state index contributed by atoms with van der Waals surface area (Å²) in [6.45, 7) is 0. The fraction of sp³-hybridized carbons (Fsp3) is 0.100. The molecule has 122 valence electrons. The zero-order valence-corrected chi connectivity index (χ0v) is 13.3. The van der Waals surface area contributed by atoms with E-state index in [9.17, 15) is 4.79 Å². The molecule has 1 aromatic heterocycles. The molecule has 0 aliphatic carbocycles. The standard InChI is InChI=1S/C20H15N3O2/c24-19(23-20-21-15-7-3-4-8-16(15)22-20)18-11-14-13-6-2-1-5-12(13)9-10-17(14)25-18/h1-10,18H,11H2,(H2,21,22,23,24)/t18-/m0/s1. The zero-order valence-electron chi connectivity index (χ0n) is 13.3. The van der Waals surface area contributed by atoms with Gasteiger partial charge in [-0.3, -0.25) is 10.1 Å². The Kier molecular flexibility index (Phi) is 3.00. The third kappa shape index (κ3) is 2.32. The van der Waals surface area contributed by atoms with Crippen LogP contribution in [0.25, 0.3) is 21.8 Å². The van der Waals surface area contributed by atoms with Crippen molar-refractivity contribution in [2.75, 3.05) is 5.32 Å². The molecule has 25 heavy (non-hydrogen) atoms. The molecule has 0 unspecified atom stereocenters. The fourth-order valence-electron chi connectivity index (χ4n) is 3.37. The van der Waals surface area contributed by atoms with Crippen molar-refractivity contribution in [2.24, 2.45) is 0 Å². The van der Waals surface area contributed by atoms with E-state index < -0.39 is 6.10 Å². The number of imidazole rings is 1. The largest absolute Gasteiger partial charge is 0.480 e. The van der Waals surface area contributed by atoms with E-state index >= 15 is 0 Å². The number of nitrogens with one attached hydrogen (secondary N) is 2. The number of rotatable bonds is 2. The van der Waals surface area contributed by atoms with Crippen molar-refractivity contribution in [1.82, 2.24) is 9.97 Å². The lowest BCUT2D eigenvalue weighted by Gasteiger charge is -2.09. The Balaban J connectivity index is 1.40. The van der Waals surface area contributed by atoms with Gasteiger partial charge in [-0.2, -0.15) is 0 Å². The predicted molar refractivity (Wildman–Crippen MR) is 96.8 cm³/mol. The van der Waals surface area contributed by atoms with Crippen LogP contribution in [0.3, 0.4) is 0 Å². The first kappa shape index (κ1) is 14.0. The lowest BCUT2D eigenvalue weighted by molar-refractivity contribution is -0.122. The summed E-state index contributed by atoms with van der Waals surface area (Å²) in [7, 11) is 0. The van der Waals surface area contributed by atoms with E-state index in [2.05, 4.69) is 27.4 Å². The van der Waals surface area contributed by atoms with E-state index in [1.807, 2.05) is 48.5 Å². The van der Waals surface area contributed by atoms with E-state index in [1.54, 1.807) is 0 Å². The van der Waals surface area contributed by atoms with Crippen LogP contribution in [0.5, 0.6) is 5.75 Å². The Bertz CT molecular complexity index is 1080. The minimum Gasteiger partial charge on any atom is -0.480 e. The van der Waals surface area contributed by atoms with E-state index in [-0.39, 0.29) is 5.91 Å². The van der Waals surface area contributed by atoms with Gasteiger partial charge in [0, 0.05) is 12.0 Å². The minimum absolute atomic E-state index is 0.195. The van der Waals surface area contributed by atoms with Crippen molar-refractivity contribution in [3.05, 3.63) is 66.2 Å². The highest BCUT2D eigenvalue weighted by molar-refractivity contribution is 5.97. The van der Waals surface area contributed by atoms with Crippen molar-refractivity contribution in [2.45, 2.75) is 12.5 Å². The quantitative estimate of drug-likeness (QED) is 0.590. The lowest BCUT2D eigenvalue weighted by atomic mass is 10.0. The summed E-state index contributed by atoms with van der Waals surface area (Å²) in [6, 6.07) is 19.8. The van der Waals surface area contributed by atoms with Crippen molar-refractivity contribution < 1.29 is 9.53 Å². The molecule has 1 aliphatic rings. The van der Waals surface area contributed by atoms with Crippen molar-refractivity contribution in [1.29, 1.82) is 0 Å². The van der Waals surface area contributed by atoms with Gasteiger partial charge in [0.25, 0.3) is 5.91 Å². The second kappa shape index (κ2) is 5.34. The average molecular weight is 329 g/mol. The molecule has 2 N–H and O–H groups in total. The molecule has 4 aromatic rings. The van der Waals surface area contributed by atoms with Gasteiger partial charge in [0.1, 0.15) is 5.75 Å². The highest BCUT2D eigenvalue weighted by Gasteiger charge is 2.30. The van der Waals surface area contributed by atoms with Crippen molar-refractivity contribution in [3.63, 3.8) is 0 Å². The number of amides is 1. The van der Waals surface area contributed by atoms with E-state index in [4.69, 9.17) is 4.74 Å². The number of carbonyl (C=O) groups is 1. The number of nitrogens with zero attached hydrogens (tertiary/aromatic N) is 1. The van der Waals surface area contributed by atoms with Gasteiger partial charge in [-0.25, -0.2) is 4.98 Å². The van der Waals surface area contributed by atoms with Crippen LogP contribution in [0.1, 0.15) is 5.56 Å². The Labute approximate surface area is 143 Å². The molecule has 5 rings (SSSR count). The molecule has 5 heteroatoms. The SMILES string of the molecule is O=C(Nc1nc2ccccc2[nH]1)[C@@H]1Cc2c(ccc3ccccc23)O1. The normalized spacial score (nSPS) is 15.9. The summed E-state index contributed by atoms with van der Waals surface area (Å²) in [4.78, 5) is 20.1. The monoisotopic (exact) mass is 329 g/mol. The van der Waals surface area contributed by atoms with E-state index in [1.165, 1.54) is 0 Å². The van der Waals surface area contributed by atoms with Gasteiger partial charge in [0.05, 0.1) is 11.0 Å². The number of anilines is 1. The number of carbonyl (C=O) groups excluding carboxylic acids is 1. The third-order valence-corrected chi connectivity index (χ3v) is 4.58. The Hall–Kier alpha value is -3.34. The number of ether oxygens (including phenoxy) is 1. The maximum atomic E-state index is 12.6. The number of aromatic nitrogens is 2. The highest BCUT2D eigenvalue weighted by atomic mass is 16.5. The second-order valence-electron chi connectivity index (χ2n) is 6.17. The first-order chi connectivity index (χ1) is 12.3. The topological polar surface area (TPSA) is 67.0 Å². The van der Waals surface area contributed by atoms with Crippen LogP contribution in [0.4, 0.5) is 5.95 Å². The van der Waals surface area contributed by atoms with Gasteiger partial charge >= 0.3 is 0 Å². The molecule has 0 saturated carbocycles. The second-order valence-corrected chi connectivity index (χ2v) is 6.17. The molecular formula is C20H15N3O2. The number of benzene rings is 3. The van der Waals surface area contributed by atoms with Gasteiger partial charge in [-0.1, -0.05) is 42.5 Å².